The minimum Gasteiger partial charge on any atom is -0.373 e. The molecular formula is C29H32O. The molecule has 0 aliphatic carbocycles. The molecule has 0 bridgehead atoms. The van der Waals surface area contributed by atoms with E-state index in [-0.39, 0.29) is 0 Å². The second-order valence-corrected chi connectivity index (χ2v) is 7.63. The van der Waals surface area contributed by atoms with E-state index in [9.17, 15) is 0 Å². The van der Waals surface area contributed by atoms with E-state index in [1.165, 1.54) is 39.8 Å². The molecule has 0 saturated carbocycles. The predicted molar refractivity (Wildman–Crippen MR) is 130 cm³/mol. The van der Waals surface area contributed by atoms with E-state index in [0.29, 0.717) is 13.2 Å². The maximum atomic E-state index is 5.50. The molecule has 0 fully saturated rings. The third-order valence-electron chi connectivity index (χ3n) is 5.19. The molecule has 0 N–H and O–H groups in total. The lowest BCUT2D eigenvalue weighted by Gasteiger charge is -2.07. The summed E-state index contributed by atoms with van der Waals surface area (Å²) in [5.74, 6) is 0. The molecule has 0 saturated heterocycles. The van der Waals surface area contributed by atoms with Crippen LogP contribution in [0.25, 0.3) is 17.2 Å². The first-order chi connectivity index (χ1) is 14.8. The summed E-state index contributed by atoms with van der Waals surface area (Å²) in [6.07, 6.45) is 10.7. The zero-order valence-corrected chi connectivity index (χ0v) is 18.0. The second-order valence-electron chi connectivity index (χ2n) is 7.63. The maximum absolute atomic E-state index is 5.50. The van der Waals surface area contributed by atoms with Gasteiger partial charge in [0.05, 0.1) is 13.2 Å². The van der Waals surface area contributed by atoms with Crippen LogP contribution in [-0.2, 0) is 24.2 Å². The van der Waals surface area contributed by atoms with Crippen molar-refractivity contribution in [2.45, 2.75) is 39.2 Å². The van der Waals surface area contributed by atoms with Crippen molar-refractivity contribution < 1.29 is 4.74 Å². The van der Waals surface area contributed by atoms with E-state index in [2.05, 4.69) is 98.5 Å². The van der Waals surface area contributed by atoms with Crippen molar-refractivity contribution in [2.24, 2.45) is 0 Å². The number of unbranched alkanes of at least 4 members (excludes halogenated alkanes) is 1. The molecular weight excluding hydrogens is 364 g/mol. The fourth-order valence-corrected chi connectivity index (χ4v) is 3.39. The van der Waals surface area contributed by atoms with Gasteiger partial charge in [-0.2, -0.15) is 0 Å². The van der Waals surface area contributed by atoms with Gasteiger partial charge < -0.3 is 4.74 Å². The Morgan fingerprint density at radius 3 is 1.80 bits per heavy atom. The summed E-state index contributed by atoms with van der Waals surface area (Å²) in [7, 11) is 0. The van der Waals surface area contributed by atoms with Gasteiger partial charge in [-0.05, 0) is 52.6 Å². The van der Waals surface area contributed by atoms with Crippen LogP contribution in [0, 0.1) is 0 Å². The van der Waals surface area contributed by atoms with Crippen molar-refractivity contribution in [3.8, 4) is 11.1 Å². The van der Waals surface area contributed by atoms with Gasteiger partial charge in [0.25, 0.3) is 0 Å². The average molecular weight is 397 g/mol. The van der Waals surface area contributed by atoms with Gasteiger partial charge >= 0.3 is 0 Å². The number of ether oxygens (including phenoxy) is 1. The van der Waals surface area contributed by atoms with Crippen LogP contribution in [0.4, 0.5) is 0 Å². The minimum atomic E-state index is 0.587. The van der Waals surface area contributed by atoms with Gasteiger partial charge in [-0.3, -0.25) is 0 Å². The Kier molecular flexibility index (Phi) is 8.68. The smallest absolute Gasteiger partial charge is 0.0721 e. The fourth-order valence-electron chi connectivity index (χ4n) is 3.39. The Balaban J connectivity index is 1.52. The van der Waals surface area contributed by atoms with Crippen molar-refractivity contribution in [3.05, 3.63) is 114 Å². The number of aryl methyl sites for hydroxylation is 2. The van der Waals surface area contributed by atoms with Crippen molar-refractivity contribution >= 4 is 6.08 Å². The van der Waals surface area contributed by atoms with Crippen LogP contribution in [0.3, 0.4) is 0 Å². The average Bonchev–Trinajstić information content (AvgIpc) is 2.80. The summed E-state index contributed by atoms with van der Waals surface area (Å²) in [6, 6.07) is 26.5. The third kappa shape index (κ3) is 6.86. The molecule has 0 unspecified atom stereocenters. The molecule has 0 amide bonds. The third-order valence-corrected chi connectivity index (χ3v) is 5.19. The van der Waals surface area contributed by atoms with Gasteiger partial charge in [-0.15, -0.1) is 6.58 Å². The molecule has 30 heavy (non-hydrogen) atoms. The predicted octanol–water partition coefficient (Wildman–Crippen LogP) is 7.65. The van der Waals surface area contributed by atoms with Gasteiger partial charge in [-0.25, -0.2) is 0 Å². The lowest BCUT2D eigenvalue weighted by molar-refractivity contribution is 0.149. The maximum Gasteiger partial charge on any atom is 0.0721 e. The van der Waals surface area contributed by atoms with Crippen molar-refractivity contribution in [3.63, 3.8) is 0 Å². The molecule has 3 rings (SSSR count). The summed E-state index contributed by atoms with van der Waals surface area (Å²) in [6.45, 7) is 7.09. The van der Waals surface area contributed by atoms with E-state index < -0.39 is 0 Å². The Labute approximate surface area is 181 Å². The number of benzene rings is 3. The van der Waals surface area contributed by atoms with E-state index >= 15 is 0 Å². The standard InChI is InChI=1S/C29H32O/c1-3-5-6-7-24-8-10-25(11-9-24)12-13-26-14-18-28(19-15-26)29-20-16-27(17-21-29)23-30-22-4-2/h4,6-11,14-21H,2-3,5,12-13,22-23H2,1H3. The van der Waals surface area contributed by atoms with E-state index in [1.54, 1.807) is 6.08 Å². The van der Waals surface area contributed by atoms with Crippen LogP contribution in [-0.4, -0.2) is 6.61 Å². The largest absolute Gasteiger partial charge is 0.373 e. The van der Waals surface area contributed by atoms with Gasteiger partial charge in [-0.1, -0.05) is 104 Å². The van der Waals surface area contributed by atoms with E-state index in [4.69, 9.17) is 4.74 Å². The molecule has 3 aromatic rings. The molecule has 3 aromatic carbocycles. The molecule has 0 aromatic heterocycles. The van der Waals surface area contributed by atoms with Crippen LogP contribution >= 0.6 is 0 Å². The van der Waals surface area contributed by atoms with Gasteiger partial charge in [0.2, 0.25) is 0 Å². The van der Waals surface area contributed by atoms with Crippen molar-refractivity contribution in [2.75, 3.05) is 6.61 Å². The van der Waals surface area contributed by atoms with E-state index in [1.807, 2.05) is 0 Å². The summed E-state index contributed by atoms with van der Waals surface area (Å²) >= 11 is 0. The summed E-state index contributed by atoms with van der Waals surface area (Å²) in [4.78, 5) is 0. The Morgan fingerprint density at radius 2 is 1.27 bits per heavy atom. The number of allylic oxidation sites excluding steroid dienone is 1. The van der Waals surface area contributed by atoms with E-state index in [0.717, 1.165) is 19.3 Å². The van der Waals surface area contributed by atoms with Crippen LogP contribution < -0.4 is 0 Å². The minimum absolute atomic E-state index is 0.587. The highest BCUT2D eigenvalue weighted by Gasteiger charge is 2.01. The molecule has 154 valence electrons. The van der Waals surface area contributed by atoms with Crippen molar-refractivity contribution in [1.29, 1.82) is 0 Å². The lowest BCUT2D eigenvalue weighted by atomic mass is 9.99. The zero-order chi connectivity index (χ0) is 21.0. The SMILES string of the molecule is C=CCOCc1ccc(-c2ccc(CCc3ccc(C=CCCC)cc3)cc2)cc1. The summed E-state index contributed by atoms with van der Waals surface area (Å²) in [5, 5.41) is 0. The topological polar surface area (TPSA) is 9.23 Å². The molecule has 0 spiro atoms. The summed E-state index contributed by atoms with van der Waals surface area (Å²) < 4.78 is 5.50. The van der Waals surface area contributed by atoms with Gasteiger partial charge in [0.15, 0.2) is 0 Å². The molecule has 1 nitrogen and oxygen atoms in total. The Bertz CT molecular complexity index is 916. The highest BCUT2D eigenvalue weighted by molar-refractivity contribution is 5.64. The molecule has 1 heteroatoms. The molecule has 0 aliphatic rings. The highest BCUT2D eigenvalue weighted by Crippen LogP contribution is 2.21. The molecule has 0 aliphatic heterocycles. The number of hydrogen-bond acceptors (Lipinski definition) is 1. The fraction of sp³-hybridized carbons (Fsp3) is 0.241. The van der Waals surface area contributed by atoms with Crippen molar-refractivity contribution in [1.82, 2.24) is 0 Å². The second kappa shape index (κ2) is 11.9. The zero-order valence-electron chi connectivity index (χ0n) is 18.0. The first-order valence-electron chi connectivity index (χ1n) is 10.9. The number of rotatable bonds is 11. The van der Waals surface area contributed by atoms with Gasteiger partial charge in [0.1, 0.15) is 0 Å². The Hall–Kier alpha value is -2.90. The van der Waals surface area contributed by atoms with Crippen LogP contribution in [0.15, 0.2) is 91.5 Å². The van der Waals surface area contributed by atoms with Crippen LogP contribution in [0.5, 0.6) is 0 Å². The number of hydrogen-bond donors (Lipinski definition) is 0. The molecule has 0 heterocycles. The summed E-state index contributed by atoms with van der Waals surface area (Å²) in [5.41, 5.74) is 7.72. The first-order valence-corrected chi connectivity index (χ1v) is 10.9. The quantitative estimate of drug-likeness (QED) is 0.239. The molecule has 0 radical (unpaired) electrons. The first kappa shape index (κ1) is 21.8. The van der Waals surface area contributed by atoms with Crippen LogP contribution in [0.1, 0.15) is 42.0 Å². The monoisotopic (exact) mass is 396 g/mol. The molecule has 0 atom stereocenters. The van der Waals surface area contributed by atoms with Gasteiger partial charge in [0, 0.05) is 0 Å². The Morgan fingerprint density at radius 1 is 0.733 bits per heavy atom. The van der Waals surface area contributed by atoms with Crippen LogP contribution in [0.2, 0.25) is 0 Å². The normalized spacial score (nSPS) is 11.1. The lowest BCUT2D eigenvalue weighted by Crippen LogP contribution is -1.93. The highest BCUT2D eigenvalue weighted by atomic mass is 16.5.